The first-order valence-corrected chi connectivity index (χ1v) is 12.7. The lowest BCUT2D eigenvalue weighted by molar-refractivity contribution is -0.305. The summed E-state index contributed by atoms with van der Waals surface area (Å²) >= 11 is 6.25. The molecule has 2 atom stereocenters. The molecular weight excluding hydrogens is 488 g/mol. The van der Waals surface area contributed by atoms with Crippen molar-refractivity contribution in [2.45, 2.75) is 44.6 Å². The minimum atomic E-state index is -1.29. The number of ketones is 1. The van der Waals surface area contributed by atoms with Crippen LogP contribution >= 0.6 is 11.6 Å². The summed E-state index contributed by atoms with van der Waals surface area (Å²) < 4.78 is 0. The summed E-state index contributed by atoms with van der Waals surface area (Å²) in [5.41, 5.74) is 5.39. The quantitative estimate of drug-likeness (QED) is 0.514. The lowest BCUT2D eigenvalue weighted by atomic mass is 9.78. The standard InChI is InChI=1S/C30H27ClN2O4/c1-18-9-11-19(12-10-18)30-29-24(16-21(17-26(29)34)20-5-4-6-22(31)15-20)32-23-7-2-3-8-25(23)33(30)27(35)13-14-28(36)37/h2-12,15,21,30,32H,13-14,16-17H2,1H3,(H,36,37)/p-1. The molecule has 5 rings (SSSR count). The first-order chi connectivity index (χ1) is 17.8. The van der Waals surface area contributed by atoms with E-state index < -0.39 is 18.4 Å². The summed E-state index contributed by atoms with van der Waals surface area (Å²) in [7, 11) is 0. The number of nitrogens with one attached hydrogen (secondary N) is 1. The van der Waals surface area contributed by atoms with Crippen LogP contribution in [0.15, 0.2) is 84.1 Å². The Bertz CT molecular complexity index is 1410. The molecule has 0 radical (unpaired) electrons. The van der Waals surface area contributed by atoms with E-state index in [4.69, 9.17) is 11.6 Å². The van der Waals surface area contributed by atoms with Gasteiger partial charge in [0.05, 0.1) is 17.4 Å². The lowest BCUT2D eigenvalue weighted by Gasteiger charge is -2.35. The number of hydrogen-bond donors (Lipinski definition) is 1. The Morgan fingerprint density at radius 1 is 0.973 bits per heavy atom. The number of para-hydroxylation sites is 2. The van der Waals surface area contributed by atoms with E-state index in [0.717, 1.165) is 22.4 Å². The Morgan fingerprint density at radius 3 is 2.46 bits per heavy atom. The number of carboxylic acids is 1. The summed E-state index contributed by atoms with van der Waals surface area (Å²) in [5.74, 6) is -1.81. The molecule has 7 heteroatoms. The minimum absolute atomic E-state index is 0.0604. The Hall–Kier alpha value is -3.90. The van der Waals surface area contributed by atoms with Crippen molar-refractivity contribution in [1.82, 2.24) is 0 Å². The van der Waals surface area contributed by atoms with E-state index in [9.17, 15) is 19.5 Å². The Morgan fingerprint density at radius 2 is 1.73 bits per heavy atom. The van der Waals surface area contributed by atoms with Crippen LogP contribution in [0.3, 0.4) is 0 Å². The van der Waals surface area contributed by atoms with Crippen molar-refractivity contribution >= 4 is 40.6 Å². The van der Waals surface area contributed by atoms with Gasteiger partial charge in [0.1, 0.15) is 0 Å². The van der Waals surface area contributed by atoms with Crippen LogP contribution in [0.4, 0.5) is 11.4 Å². The number of fused-ring (bicyclic) bond motifs is 1. The molecule has 1 heterocycles. The molecule has 0 saturated carbocycles. The summed E-state index contributed by atoms with van der Waals surface area (Å²) in [4.78, 5) is 40.3. The predicted octanol–water partition coefficient (Wildman–Crippen LogP) is 5.08. The highest BCUT2D eigenvalue weighted by molar-refractivity contribution is 6.30. The van der Waals surface area contributed by atoms with Crippen molar-refractivity contribution in [2.24, 2.45) is 0 Å². The SMILES string of the molecule is Cc1ccc(C2C3=C(CC(c4cccc(Cl)c4)CC3=O)Nc3ccccc3N2C(=O)CCC(=O)[O-])cc1. The van der Waals surface area contributed by atoms with E-state index >= 15 is 0 Å². The van der Waals surface area contributed by atoms with Crippen LogP contribution in [0.5, 0.6) is 0 Å². The van der Waals surface area contributed by atoms with Gasteiger partial charge in [-0.3, -0.25) is 14.5 Å². The second-order valence-electron chi connectivity index (χ2n) is 9.57. The molecule has 37 heavy (non-hydrogen) atoms. The molecule has 0 fully saturated rings. The van der Waals surface area contributed by atoms with E-state index in [1.807, 2.05) is 79.7 Å². The number of amides is 1. The van der Waals surface area contributed by atoms with Crippen LogP contribution < -0.4 is 15.3 Å². The Labute approximate surface area is 220 Å². The highest BCUT2D eigenvalue weighted by Gasteiger charge is 2.41. The number of nitrogens with zero attached hydrogens (tertiary/aromatic N) is 1. The minimum Gasteiger partial charge on any atom is -0.550 e. The molecule has 0 saturated heterocycles. The zero-order chi connectivity index (χ0) is 26.1. The van der Waals surface area contributed by atoms with Gasteiger partial charge in [-0.1, -0.05) is 65.7 Å². The number of allylic oxidation sites excluding steroid dienone is 1. The fourth-order valence-electron chi connectivity index (χ4n) is 5.26. The van der Waals surface area contributed by atoms with Crippen LogP contribution in [0.25, 0.3) is 0 Å². The number of aryl methyl sites for hydroxylation is 1. The molecule has 3 aromatic carbocycles. The van der Waals surface area contributed by atoms with Crippen LogP contribution in [0.2, 0.25) is 5.02 Å². The first kappa shape index (κ1) is 24.8. The predicted molar refractivity (Wildman–Crippen MR) is 141 cm³/mol. The zero-order valence-corrected chi connectivity index (χ0v) is 21.1. The molecule has 1 aliphatic carbocycles. The van der Waals surface area contributed by atoms with E-state index in [2.05, 4.69) is 5.32 Å². The van der Waals surface area contributed by atoms with Gasteiger partial charge in [-0.15, -0.1) is 0 Å². The number of Topliss-reactive ketones (excluding diaryl/α,β-unsaturated/α-hetero) is 1. The van der Waals surface area contributed by atoms with Gasteiger partial charge in [0.25, 0.3) is 0 Å². The van der Waals surface area contributed by atoms with E-state index in [1.54, 1.807) is 4.90 Å². The molecule has 0 bridgehead atoms. The van der Waals surface area contributed by atoms with Crippen molar-refractivity contribution in [1.29, 1.82) is 0 Å². The number of aliphatic carboxylic acids is 1. The van der Waals surface area contributed by atoms with Gasteiger partial charge < -0.3 is 15.2 Å². The number of carbonyl (C=O) groups excluding carboxylic acids is 3. The molecule has 6 nitrogen and oxygen atoms in total. The maximum absolute atomic E-state index is 13.9. The van der Waals surface area contributed by atoms with Gasteiger partial charge in [0.15, 0.2) is 5.78 Å². The van der Waals surface area contributed by atoms with Crippen molar-refractivity contribution < 1.29 is 19.5 Å². The van der Waals surface area contributed by atoms with E-state index in [1.165, 1.54) is 0 Å². The van der Waals surface area contributed by atoms with E-state index in [-0.39, 0.29) is 30.4 Å². The van der Waals surface area contributed by atoms with Gasteiger partial charge in [0.2, 0.25) is 5.91 Å². The molecular formula is C30H26ClN2O4-. The first-order valence-electron chi connectivity index (χ1n) is 12.3. The number of carboxylic acid groups (broad SMARTS) is 1. The lowest BCUT2D eigenvalue weighted by Crippen LogP contribution is -2.39. The van der Waals surface area contributed by atoms with Gasteiger partial charge >= 0.3 is 0 Å². The van der Waals surface area contributed by atoms with Crippen LogP contribution in [-0.4, -0.2) is 17.7 Å². The maximum atomic E-state index is 13.9. The van der Waals surface area contributed by atoms with Crippen molar-refractivity contribution in [3.8, 4) is 0 Å². The summed E-state index contributed by atoms with van der Waals surface area (Å²) in [6.45, 7) is 1.97. The van der Waals surface area contributed by atoms with Crippen LogP contribution in [-0.2, 0) is 14.4 Å². The van der Waals surface area contributed by atoms with Gasteiger partial charge in [-0.2, -0.15) is 0 Å². The van der Waals surface area contributed by atoms with Crippen LogP contribution in [0.1, 0.15) is 54.3 Å². The normalized spacial score (nSPS) is 19.0. The second kappa shape index (κ2) is 10.2. The highest BCUT2D eigenvalue weighted by atomic mass is 35.5. The molecule has 3 aromatic rings. The summed E-state index contributed by atoms with van der Waals surface area (Å²) in [5, 5.41) is 15.3. The molecule has 0 spiro atoms. The Kier molecular flexibility index (Phi) is 6.85. The summed E-state index contributed by atoms with van der Waals surface area (Å²) in [6.07, 6.45) is 0.211. The largest absolute Gasteiger partial charge is 0.550 e. The van der Waals surface area contributed by atoms with Crippen molar-refractivity contribution in [2.75, 3.05) is 10.2 Å². The average molecular weight is 514 g/mol. The third-order valence-electron chi connectivity index (χ3n) is 7.01. The van der Waals surface area contributed by atoms with Crippen molar-refractivity contribution in [3.63, 3.8) is 0 Å². The van der Waals surface area contributed by atoms with Gasteiger partial charge in [-0.05, 0) is 61.1 Å². The fourth-order valence-corrected chi connectivity index (χ4v) is 5.45. The second-order valence-corrected chi connectivity index (χ2v) is 10.0. The molecule has 1 amide bonds. The van der Waals surface area contributed by atoms with Gasteiger partial charge in [-0.25, -0.2) is 0 Å². The number of rotatable bonds is 5. The molecule has 1 N–H and O–H groups in total. The number of carbonyl (C=O) groups is 3. The van der Waals surface area contributed by atoms with Gasteiger partial charge in [0, 0.05) is 35.1 Å². The monoisotopic (exact) mass is 513 g/mol. The topological polar surface area (TPSA) is 89.5 Å². The molecule has 2 aliphatic rings. The van der Waals surface area contributed by atoms with Crippen molar-refractivity contribution in [3.05, 3.63) is 106 Å². The molecule has 1 aliphatic heterocycles. The summed E-state index contributed by atoms with van der Waals surface area (Å²) in [6, 6.07) is 22.0. The zero-order valence-electron chi connectivity index (χ0n) is 20.4. The van der Waals surface area contributed by atoms with Crippen LogP contribution in [0, 0.1) is 6.92 Å². The number of hydrogen-bond acceptors (Lipinski definition) is 5. The molecule has 2 unspecified atom stereocenters. The highest BCUT2D eigenvalue weighted by Crippen LogP contribution is 2.47. The van der Waals surface area contributed by atoms with E-state index in [0.29, 0.717) is 28.4 Å². The third-order valence-corrected chi connectivity index (χ3v) is 7.25. The smallest absolute Gasteiger partial charge is 0.228 e. The maximum Gasteiger partial charge on any atom is 0.228 e. The number of benzene rings is 3. The number of halogens is 1. The number of anilines is 2. The fraction of sp³-hybridized carbons (Fsp3) is 0.233. The molecule has 188 valence electrons. The molecule has 0 aromatic heterocycles. The average Bonchev–Trinajstić information content (AvgIpc) is 3.02. The third kappa shape index (κ3) is 5.02. The Balaban J connectivity index is 1.68.